The number of aliphatic hydroxyl groups excluding tert-OH is 1. The summed E-state index contributed by atoms with van der Waals surface area (Å²) in [5.41, 5.74) is 4.90. The number of carbonyl (C=O) groups excluding carboxylic acids is 1. The molecule has 1 N–H and O–H groups in total. The Morgan fingerprint density at radius 2 is 1.97 bits per heavy atom. The zero-order chi connectivity index (χ0) is 24.5. The number of nitrogens with zero attached hydrogens (tertiary/aromatic N) is 6. The molecule has 0 radical (unpaired) electrons. The number of aryl methyl sites for hydroxylation is 1. The average molecular weight is 467 g/mol. The molecule has 0 bridgehead atoms. The second-order valence-electron chi connectivity index (χ2n) is 8.16. The smallest absolute Gasteiger partial charge is 0.260 e. The van der Waals surface area contributed by atoms with Gasteiger partial charge < -0.3 is 14.4 Å². The molecule has 9 heteroatoms. The van der Waals surface area contributed by atoms with Gasteiger partial charge in [-0.3, -0.25) is 9.69 Å². The molecule has 5 rings (SSSR count). The predicted octanol–water partition coefficient (Wildman–Crippen LogP) is 3.47. The fourth-order valence-electron chi connectivity index (χ4n) is 4.22. The van der Waals surface area contributed by atoms with Crippen molar-refractivity contribution in [2.45, 2.75) is 20.1 Å². The quantitative estimate of drug-likeness (QED) is 0.462. The highest BCUT2D eigenvalue weighted by Gasteiger charge is 2.30. The van der Waals surface area contributed by atoms with Crippen LogP contribution in [0.4, 0.5) is 5.82 Å². The first kappa shape index (κ1) is 22.3. The molecule has 0 spiro atoms. The van der Waals surface area contributed by atoms with Gasteiger partial charge in [0.05, 0.1) is 31.4 Å². The van der Waals surface area contributed by atoms with Gasteiger partial charge in [0.2, 0.25) is 5.88 Å². The number of aromatic nitrogens is 4. The van der Waals surface area contributed by atoms with Crippen LogP contribution in [-0.4, -0.2) is 37.4 Å². The molecule has 1 aliphatic heterocycles. The number of anilines is 1. The summed E-state index contributed by atoms with van der Waals surface area (Å²) in [5, 5.41) is 27.2. The number of benzene rings is 2. The number of fused-ring (bicyclic) bond motifs is 1. The number of ether oxygens (including phenoxy) is 1. The number of amides is 1. The maximum absolute atomic E-state index is 13.3. The highest BCUT2D eigenvalue weighted by molar-refractivity contribution is 6.10. The summed E-state index contributed by atoms with van der Waals surface area (Å²) in [6.45, 7) is 2.51. The predicted molar refractivity (Wildman–Crippen MR) is 128 cm³/mol. The molecule has 35 heavy (non-hydrogen) atoms. The van der Waals surface area contributed by atoms with Gasteiger partial charge in [-0.05, 0) is 53.4 Å². The van der Waals surface area contributed by atoms with E-state index in [0.717, 1.165) is 22.3 Å². The number of nitriles is 1. The fraction of sp³-hybridized carbons (Fsp3) is 0.192. The van der Waals surface area contributed by atoms with Gasteiger partial charge in [-0.2, -0.15) is 10.2 Å². The second kappa shape index (κ2) is 9.00. The Kier molecular flexibility index (Phi) is 5.73. The van der Waals surface area contributed by atoms with Crippen LogP contribution < -0.4 is 9.64 Å². The standard InChI is InChI=1S/C26H22N6O3/c1-3-35-24-11-19(20-7-5-16(12-27)8-22(20)25-30-28-15-31(25)2)10-23(29-24)32-13-18-6-4-17(14-33)9-21(18)26(32)34/h4-11,15,33H,3,13-14H2,1-2H3. The lowest BCUT2D eigenvalue weighted by Crippen LogP contribution is -2.24. The Balaban J connectivity index is 1.64. The molecular formula is C26H22N6O3. The molecule has 0 unspecified atom stereocenters. The molecule has 2 aromatic carbocycles. The van der Waals surface area contributed by atoms with Crippen molar-refractivity contribution in [3.05, 3.63) is 77.1 Å². The molecule has 2 aromatic heterocycles. The van der Waals surface area contributed by atoms with Gasteiger partial charge in [0.25, 0.3) is 5.91 Å². The molecule has 1 aliphatic rings. The van der Waals surface area contributed by atoms with Crippen LogP contribution in [0.2, 0.25) is 0 Å². The fourth-order valence-corrected chi connectivity index (χ4v) is 4.22. The van der Waals surface area contributed by atoms with E-state index < -0.39 is 0 Å². The third-order valence-corrected chi connectivity index (χ3v) is 5.93. The lowest BCUT2D eigenvalue weighted by molar-refractivity contribution is 0.0995. The Morgan fingerprint density at radius 3 is 2.69 bits per heavy atom. The first-order chi connectivity index (χ1) is 17.0. The van der Waals surface area contributed by atoms with Crippen molar-refractivity contribution in [2.75, 3.05) is 11.5 Å². The van der Waals surface area contributed by atoms with E-state index in [9.17, 15) is 15.2 Å². The minimum absolute atomic E-state index is 0.133. The molecule has 0 aliphatic carbocycles. The van der Waals surface area contributed by atoms with Gasteiger partial charge in [0.1, 0.15) is 12.1 Å². The number of aliphatic hydroxyl groups is 1. The molecular weight excluding hydrogens is 444 g/mol. The molecule has 174 valence electrons. The average Bonchev–Trinajstić information content (AvgIpc) is 3.46. The number of pyridine rings is 1. The van der Waals surface area contributed by atoms with Gasteiger partial charge in [0.15, 0.2) is 5.82 Å². The van der Waals surface area contributed by atoms with Crippen molar-refractivity contribution in [1.29, 1.82) is 5.26 Å². The summed E-state index contributed by atoms with van der Waals surface area (Å²) in [4.78, 5) is 19.5. The van der Waals surface area contributed by atoms with Crippen molar-refractivity contribution in [1.82, 2.24) is 19.7 Å². The van der Waals surface area contributed by atoms with Gasteiger partial charge >= 0.3 is 0 Å². The van der Waals surface area contributed by atoms with Crippen LogP contribution in [0.3, 0.4) is 0 Å². The van der Waals surface area contributed by atoms with Crippen LogP contribution >= 0.6 is 0 Å². The Labute approximate surface area is 201 Å². The summed E-state index contributed by atoms with van der Waals surface area (Å²) >= 11 is 0. The van der Waals surface area contributed by atoms with Crippen molar-refractivity contribution in [3.63, 3.8) is 0 Å². The van der Waals surface area contributed by atoms with Crippen molar-refractivity contribution in [3.8, 4) is 34.5 Å². The summed E-state index contributed by atoms with van der Waals surface area (Å²) < 4.78 is 7.53. The first-order valence-corrected chi connectivity index (χ1v) is 11.1. The molecule has 0 atom stereocenters. The third-order valence-electron chi connectivity index (χ3n) is 5.93. The van der Waals surface area contributed by atoms with E-state index >= 15 is 0 Å². The van der Waals surface area contributed by atoms with Crippen molar-refractivity contribution < 1.29 is 14.6 Å². The SMILES string of the molecule is CCOc1cc(-c2ccc(C#N)cc2-c2nncn2C)cc(N2Cc3ccc(CO)cc3C2=O)n1. The highest BCUT2D eigenvalue weighted by Crippen LogP contribution is 2.37. The number of rotatable bonds is 6. The normalized spacial score (nSPS) is 12.5. The van der Waals surface area contributed by atoms with E-state index in [0.29, 0.717) is 47.4 Å². The van der Waals surface area contributed by atoms with Gasteiger partial charge in [-0.15, -0.1) is 10.2 Å². The maximum Gasteiger partial charge on any atom is 0.260 e. The third kappa shape index (κ3) is 4.00. The van der Waals surface area contributed by atoms with E-state index in [2.05, 4.69) is 21.3 Å². The minimum Gasteiger partial charge on any atom is -0.478 e. The van der Waals surface area contributed by atoms with Crippen molar-refractivity contribution in [2.24, 2.45) is 7.05 Å². The summed E-state index contributed by atoms with van der Waals surface area (Å²) in [7, 11) is 1.84. The second-order valence-corrected chi connectivity index (χ2v) is 8.16. The summed E-state index contributed by atoms with van der Waals surface area (Å²) in [6.07, 6.45) is 1.60. The number of hydrogen-bond acceptors (Lipinski definition) is 7. The molecule has 1 amide bonds. The molecule has 9 nitrogen and oxygen atoms in total. The Hall–Kier alpha value is -4.55. The summed E-state index contributed by atoms with van der Waals surface area (Å²) in [5.74, 6) is 1.25. The van der Waals surface area contributed by atoms with Crippen LogP contribution in [0.15, 0.2) is 54.9 Å². The van der Waals surface area contributed by atoms with Gasteiger partial charge in [0, 0.05) is 24.2 Å². The van der Waals surface area contributed by atoms with E-state index in [4.69, 9.17) is 4.74 Å². The van der Waals surface area contributed by atoms with Crippen LogP contribution in [0, 0.1) is 11.3 Å². The molecule has 0 saturated carbocycles. The van der Waals surface area contributed by atoms with Gasteiger partial charge in [-0.1, -0.05) is 18.2 Å². The van der Waals surface area contributed by atoms with Crippen LogP contribution in [-0.2, 0) is 20.2 Å². The number of carbonyl (C=O) groups is 1. The van der Waals surface area contributed by atoms with Crippen molar-refractivity contribution >= 4 is 11.7 Å². The molecule has 3 heterocycles. The Morgan fingerprint density at radius 1 is 1.11 bits per heavy atom. The zero-order valence-corrected chi connectivity index (χ0v) is 19.3. The Bertz CT molecular complexity index is 1490. The van der Waals surface area contributed by atoms with E-state index in [1.807, 2.05) is 44.3 Å². The summed E-state index contributed by atoms with van der Waals surface area (Å²) in [6, 6.07) is 16.6. The van der Waals surface area contributed by atoms with E-state index in [1.54, 1.807) is 34.0 Å². The molecule has 0 saturated heterocycles. The van der Waals surface area contributed by atoms with E-state index in [1.165, 1.54) is 0 Å². The minimum atomic E-state index is -0.184. The number of hydrogen-bond donors (Lipinski definition) is 1. The first-order valence-electron chi connectivity index (χ1n) is 11.1. The van der Waals surface area contributed by atoms with Crippen LogP contribution in [0.5, 0.6) is 5.88 Å². The van der Waals surface area contributed by atoms with Crippen LogP contribution in [0.1, 0.15) is 34.0 Å². The topological polar surface area (TPSA) is 117 Å². The zero-order valence-electron chi connectivity index (χ0n) is 19.3. The monoisotopic (exact) mass is 466 g/mol. The lowest BCUT2D eigenvalue weighted by Gasteiger charge is -2.18. The lowest BCUT2D eigenvalue weighted by atomic mass is 9.97. The molecule has 4 aromatic rings. The highest BCUT2D eigenvalue weighted by atomic mass is 16.5. The largest absolute Gasteiger partial charge is 0.478 e. The van der Waals surface area contributed by atoms with Gasteiger partial charge in [-0.25, -0.2) is 0 Å². The molecule has 0 fully saturated rings. The van der Waals surface area contributed by atoms with Crippen LogP contribution in [0.25, 0.3) is 22.5 Å². The maximum atomic E-state index is 13.3. The van der Waals surface area contributed by atoms with E-state index in [-0.39, 0.29) is 12.5 Å².